The summed E-state index contributed by atoms with van der Waals surface area (Å²) in [6.07, 6.45) is 3.07. The Bertz CT molecular complexity index is 759. The van der Waals surface area contributed by atoms with E-state index in [-0.39, 0.29) is 30.3 Å². The molecule has 0 spiro atoms. The molecule has 0 aliphatic carbocycles. The zero-order valence-corrected chi connectivity index (χ0v) is 18.3. The number of sulfonamides is 1. The molecule has 2 fully saturated rings. The van der Waals surface area contributed by atoms with Gasteiger partial charge in [0.25, 0.3) is 0 Å². The van der Waals surface area contributed by atoms with Gasteiger partial charge in [-0.2, -0.15) is 4.31 Å². The molecule has 3 rings (SSSR count). The highest BCUT2D eigenvalue weighted by atomic mass is 35.5. The molecule has 2 saturated heterocycles. The highest BCUT2D eigenvalue weighted by molar-refractivity contribution is 7.89. The molecule has 1 aromatic carbocycles. The van der Waals surface area contributed by atoms with E-state index in [1.807, 2.05) is 17.0 Å². The molecule has 1 atom stereocenters. The van der Waals surface area contributed by atoms with Crippen LogP contribution in [0.1, 0.15) is 51.0 Å². The van der Waals surface area contributed by atoms with E-state index >= 15 is 0 Å². The molecule has 28 heavy (non-hydrogen) atoms. The molecule has 158 valence electrons. The first kappa shape index (κ1) is 23.1. The Morgan fingerprint density at radius 2 is 1.68 bits per heavy atom. The number of rotatable bonds is 4. The van der Waals surface area contributed by atoms with Gasteiger partial charge >= 0.3 is 0 Å². The Kier molecular flexibility index (Phi) is 7.90. The second kappa shape index (κ2) is 9.57. The van der Waals surface area contributed by atoms with E-state index in [9.17, 15) is 13.2 Å². The van der Waals surface area contributed by atoms with Gasteiger partial charge in [-0.05, 0) is 49.3 Å². The number of carbonyl (C=O) groups is 1. The highest BCUT2D eigenvalue weighted by Crippen LogP contribution is 2.27. The van der Waals surface area contributed by atoms with Crippen molar-refractivity contribution in [1.29, 1.82) is 0 Å². The molecule has 2 N–H and O–H groups in total. The fourth-order valence-corrected chi connectivity index (χ4v) is 5.45. The van der Waals surface area contributed by atoms with Gasteiger partial charge in [0.1, 0.15) is 0 Å². The Morgan fingerprint density at radius 1 is 1.07 bits per heavy atom. The van der Waals surface area contributed by atoms with E-state index in [2.05, 4.69) is 13.8 Å². The van der Waals surface area contributed by atoms with E-state index in [0.717, 1.165) is 24.9 Å². The lowest BCUT2D eigenvalue weighted by atomic mass is 9.95. The molecule has 1 aromatic rings. The molecule has 2 heterocycles. The van der Waals surface area contributed by atoms with Gasteiger partial charge in [0, 0.05) is 38.1 Å². The molecular formula is C20H32ClN3O3S. The predicted octanol–water partition coefficient (Wildman–Crippen LogP) is 2.58. The maximum Gasteiger partial charge on any atom is 0.243 e. The van der Waals surface area contributed by atoms with E-state index in [1.54, 1.807) is 12.1 Å². The quantitative estimate of drug-likeness (QED) is 0.797. The van der Waals surface area contributed by atoms with Gasteiger partial charge in [-0.15, -0.1) is 12.4 Å². The first-order chi connectivity index (χ1) is 12.8. The van der Waals surface area contributed by atoms with Crippen LogP contribution in [0.4, 0.5) is 0 Å². The summed E-state index contributed by atoms with van der Waals surface area (Å²) in [5.41, 5.74) is 7.11. The van der Waals surface area contributed by atoms with Crippen molar-refractivity contribution in [1.82, 2.24) is 9.21 Å². The minimum absolute atomic E-state index is 0. The molecule has 8 heteroatoms. The van der Waals surface area contributed by atoms with Crippen molar-refractivity contribution >= 4 is 28.3 Å². The lowest BCUT2D eigenvalue weighted by Gasteiger charge is -2.36. The summed E-state index contributed by atoms with van der Waals surface area (Å²) in [4.78, 5) is 14.9. The molecule has 1 amide bonds. The summed E-state index contributed by atoms with van der Waals surface area (Å²) in [6, 6.07) is 7.21. The zero-order valence-electron chi connectivity index (χ0n) is 16.7. The molecule has 0 bridgehead atoms. The Balaban J connectivity index is 0.00000280. The van der Waals surface area contributed by atoms with Crippen molar-refractivity contribution in [3.8, 4) is 0 Å². The maximum atomic E-state index is 12.9. The number of nitrogens with two attached hydrogens (primary N) is 1. The summed E-state index contributed by atoms with van der Waals surface area (Å²) < 4.78 is 27.3. The second-order valence-electron chi connectivity index (χ2n) is 8.09. The van der Waals surface area contributed by atoms with Gasteiger partial charge in [0.15, 0.2) is 0 Å². The summed E-state index contributed by atoms with van der Waals surface area (Å²) in [7, 11) is -3.50. The summed E-state index contributed by atoms with van der Waals surface area (Å²) in [6.45, 7) is 6.35. The van der Waals surface area contributed by atoms with Crippen molar-refractivity contribution in [2.75, 3.05) is 26.2 Å². The van der Waals surface area contributed by atoms with Crippen molar-refractivity contribution in [3.63, 3.8) is 0 Å². The number of hydrogen-bond acceptors (Lipinski definition) is 4. The first-order valence-electron chi connectivity index (χ1n) is 9.93. The molecule has 2 aliphatic heterocycles. The number of likely N-dealkylation sites (tertiary alicyclic amines) is 1. The molecule has 6 nitrogen and oxygen atoms in total. The third-order valence-corrected chi connectivity index (χ3v) is 7.67. The Morgan fingerprint density at radius 3 is 2.21 bits per heavy atom. The SMILES string of the molecule is CC(C)c1ccc(S(=O)(=O)N2CCC(C(=O)N3CCCC(N)C3)CC2)cc1.Cl. The molecule has 2 aliphatic rings. The van der Waals surface area contributed by atoms with E-state index in [4.69, 9.17) is 5.73 Å². The number of piperidine rings is 2. The average Bonchev–Trinajstić information content (AvgIpc) is 2.67. The van der Waals surface area contributed by atoms with Crippen LogP contribution in [0.15, 0.2) is 29.2 Å². The number of benzene rings is 1. The minimum Gasteiger partial charge on any atom is -0.341 e. The molecule has 0 saturated carbocycles. The number of carbonyl (C=O) groups excluding carboxylic acids is 1. The van der Waals surface area contributed by atoms with Gasteiger partial charge in [-0.1, -0.05) is 26.0 Å². The van der Waals surface area contributed by atoms with Crippen LogP contribution in [0.5, 0.6) is 0 Å². The number of amides is 1. The third kappa shape index (κ3) is 5.06. The van der Waals surface area contributed by atoms with Gasteiger partial charge < -0.3 is 10.6 Å². The monoisotopic (exact) mass is 429 g/mol. The van der Waals surface area contributed by atoms with Crippen LogP contribution in [0, 0.1) is 5.92 Å². The third-order valence-electron chi connectivity index (χ3n) is 5.76. The van der Waals surface area contributed by atoms with E-state index < -0.39 is 10.0 Å². The van der Waals surface area contributed by atoms with Crippen molar-refractivity contribution < 1.29 is 13.2 Å². The summed E-state index contributed by atoms with van der Waals surface area (Å²) >= 11 is 0. The van der Waals surface area contributed by atoms with Gasteiger partial charge in [-0.3, -0.25) is 4.79 Å². The van der Waals surface area contributed by atoms with Crippen LogP contribution in [-0.4, -0.2) is 55.8 Å². The highest BCUT2D eigenvalue weighted by Gasteiger charge is 2.34. The van der Waals surface area contributed by atoms with E-state index in [0.29, 0.717) is 43.3 Å². The van der Waals surface area contributed by atoms with E-state index in [1.165, 1.54) is 4.31 Å². The number of nitrogens with zero attached hydrogens (tertiary/aromatic N) is 2. The fraction of sp³-hybridized carbons (Fsp3) is 0.650. The molecule has 0 aromatic heterocycles. The lowest BCUT2D eigenvalue weighted by molar-refractivity contribution is -0.137. The van der Waals surface area contributed by atoms with Gasteiger partial charge in [0.2, 0.25) is 15.9 Å². The van der Waals surface area contributed by atoms with Crippen LogP contribution in [0.25, 0.3) is 0 Å². The minimum atomic E-state index is -3.50. The van der Waals surface area contributed by atoms with Crippen molar-refractivity contribution in [3.05, 3.63) is 29.8 Å². The molecular weight excluding hydrogens is 398 g/mol. The van der Waals surface area contributed by atoms with Crippen LogP contribution in [-0.2, 0) is 14.8 Å². The van der Waals surface area contributed by atoms with Crippen LogP contribution < -0.4 is 5.73 Å². The largest absolute Gasteiger partial charge is 0.341 e. The molecule has 1 unspecified atom stereocenters. The summed E-state index contributed by atoms with van der Waals surface area (Å²) in [5, 5.41) is 0. The van der Waals surface area contributed by atoms with Gasteiger partial charge in [0.05, 0.1) is 4.90 Å². The van der Waals surface area contributed by atoms with Gasteiger partial charge in [-0.25, -0.2) is 8.42 Å². The van der Waals surface area contributed by atoms with Crippen LogP contribution in [0.2, 0.25) is 0 Å². The smallest absolute Gasteiger partial charge is 0.243 e. The second-order valence-corrected chi connectivity index (χ2v) is 10.0. The average molecular weight is 430 g/mol. The Labute approximate surface area is 174 Å². The number of hydrogen-bond donors (Lipinski definition) is 1. The normalized spacial score (nSPS) is 22.1. The lowest BCUT2D eigenvalue weighted by Crippen LogP contribution is -2.50. The van der Waals surface area contributed by atoms with Crippen LogP contribution in [0.3, 0.4) is 0 Å². The van der Waals surface area contributed by atoms with Crippen LogP contribution >= 0.6 is 12.4 Å². The maximum absolute atomic E-state index is 12.9. The predicted molar refractivity (Wildman–Crippen MR) is 113 cm³/mol. The van der Waals surface area contributed by atoms with Crippen molar-refractivity contribution in [2.24, 2.45) is 11.7 Å². The number of halogens is 1. The Hall–Kier alpha value is -1.15. The standard InChI is InChI=1S/C20H31N3O3S.ClH/c1-15(2)16-5-7-19(8-6-16)27(25,26)23-12-9-17(10-13-23)20(24)22-11-3-4-18(21)14-22;/h5-8,15,17-18H,3-4,9-14,21H2,1-2H3;1H. The zero-order chi connectivity index (χ0) is 19.6. The fourth-order valence-electron chi connectivity index (χ4n) is 3.99. The van der Waals surface area contributed by atoms with Crippen molar-refractivity contribution in [2.45, 2.75) is 56.4 Å². The first-order valence-corrected chi connectivity index (χ1v) is 11.4. The molecule has 0 radical (unpaired) electrons. The summed E-state index contributed by atoms with van der Waals surface area (Å²) in [5.74, 6) is 0.417. The topological polar surface area (TPSA) is 83.7 Å².